The molecule has 4 aromatic carbocycles. The minimum atomic E-state index is 0.911. The summed E-state index contributed by atoms with van der Waals surface area (Å²) in [6, 6.07) is 24.8. The molecule has 0 atom stereocenters. The van der Waals surface area contributed by atoms with Crippen molar-refractivity contribution in [2.45, 2.75) is 0 Å². The molecule has 3 heteroatoms. The van der Waals surface area contributed by atoms with Crippen molar-refractivity contribution >= 4 is 65.7 Å². The maximum Gasteiger partial charge on any atom is 0.136 e. The van der Waals surface area contributed by atoms with Crippen LogP contribution in [0.25, 0.3) is 65.7 Å². The molecular formula is C24H13NO2. The van der Waals surface area contributed by atoms with Gasteiger partial charge in [-0.1, -0.05) is 36.4 Å². The highest BCUT2D eigenvalue weighted by atomic mass is 16.3. The highest BCUT2D eigenvalue weighted by Gasteiger charge is 2.18. The Morgan fingerprint density at radius 2 is 0.926 bits per heavy atom. The van der Waals surface area contributed by atoms with Crippen LogP contribution in [0.4, 0.5) is 0 Å². The van der Waals surface area contributed by atoms with Gasteiger partial charge in [-0.3, -0.25) is 0 Å². The molecule has 3 nitrogen and oxygen atoms in total. The first-order chi connectivity index (χ1) is 13.4. The van der Waals surface area contributed by atoms with Crippen LogP contribution in [0.15, 0.2) is 81.6 Å². The molecule has 0 saturated heterocycles. The smallest absolute Gasteiger partial charge is 0.136 e. The van der Waals surface area contributed by atoms with Crippen LogP contribution < -0.4 is 0 Å². The highest BCUT2D eigenvalue weighted by molar-refractivity contribution is 6.34. The standard InChI is InChI=1S/C24H13NO2/c1-3-7-17-13(5-1)21-19(26-17)11-9-15-23(21)24-16(25-15)10-12-20-22(24)14-6-2-4-8-18(14)27-20/h1-12,25H. The lowest BCUT2D eigenvalue weighted by Crippen LogP contribution is -1.73. The molecule has 126 valence electrons. The van der Waals surface area contributed by atoms with Crippen LogP contribution in [-0.2, 0) is 0 Å². The van der Waals surface area contributed by atoms with Gasteiger partial charge in [0.1, 0.15) is 22.3 Å². The summed E-state index contributed by atoms with van der Waals surface area (Å²) in [6.45, 7) is 0. The molecule has 3 aromatic heterocycles. The highest BCUT2D eigenvalue weighted by Crippen LogP contribution is 2.43. The van der Waals surface area contributed by atoms with E-state index < -0.39 is 0 Å². The summed E-state index contributed by atoms with van der Waals surface area (Å²) >= 11 is 0. The van der Waals surface area contributed by atoms with Crippen molar-refractivity contribution in [1.29, 1.82) is 0 Å². The first-order valence-electron chi connectivity index (χ1n) is 9.04. The molecule has 0 saturated carbocycles. The molecule has 1 N–H and O–H groups in total. The number of benzene rings is 4. The third kappa shape index (κ3) is 1.57. The zero-order valence-electron chi connectivity index (χ0n) is 14.2. The van der Waals surface area contributed by atoms with Gasteiger partial charge in [0.25, 0.3) is 0 Å². The van der Waals surface area contributed by atoms with Gasteiger partial charge in [0.05, 0.1) is 0 Å². The van der Waals surface area contributed by atoms with Gasteiger partial charge in [-0.2, -0.15) is 0 Å². The number of aromatic nitrogens is 1. The Hall–Kier alpha value is -3.72. The van der Waals surface area contributed by atoms with Crippen molar-refractivity contribution in [3.05, 3.63) is 72.8 Å². The third-order valence-electron chi connectivity index (χ3n) is 5.61. The Balaban J connectivity index is 1.87. The van der Waals surface area contributed by atoms with Crippen molar-refractivity contribution in [3.8, 4) is 0 Å². The number of nitrogens with one attached hydrogen (secondary N) is 1. The van der Waals surface area contributed by atoms with Crippen LogP contribution in [-0.4, -0.2) is 4.98 Å². The average Bonchev–Trinajstić information content (AvgIpc) is 3.37. The number of H-pyrrole nitrogens is 1. The van der Waals surface area contributed by atoms with E-state index in [1.165, 1.54) is 10.8 Å². The van der Waals surface area contributed by atoms with Gasteiger partial charge in [0.15, 0.2) is 0 Å². The lowest BCUT2D eigenvalue weighted by Gasteiger charge is -1.97. The van der Waals surface area contributed by atoms with Gasteiger partial charge in [-0.05, 0) is 36.4 Å². The number of fused-ring (bicyclic) bond motifs is 11. The molecule has 0 spiro atoms. The van der Waals surface area contributed by atoms with E-state index in [4.69, 9.17) is 8.83 Å². The van der Waals surface area contributed by atoms with Crippen LogP contribution in [0.3, 0.4) is 0 Å². The van der Waals surface area contributed by atoms with Gasteiger partial charge in [0.2, 0.25) is 0 Å². The molecule has 0 radical (unpaired) electrons. The Labute approximate surface area is 152 Å². The predicted molar refractivity (Wildman–Crippen MR) is 110 cm³/mol. The molecule has 0 fully saturated rings. The zero-order valence-corrected chi connectivity index (χ0v) is 14.2. The zero-order chi connectivity index (χ0) is 17.5. The van der Waals surface area contributed by atoms with Crippen molar-refractivity contribution in [1.82, 2.24) is 4.98 Å². The second-order valence-electron chi connectivity index (χ2n) is 7.04. The molecule has 0 bridgehead atoms. The minimum Gasteiger partial charge on any atom is -0.456 e. The summed E-state index contributed by atoms with van der Waals surface area (Å²) in [4.78, 5) is 3.59. The molecule has 0 aliphatic heterocycles. The topological polar surface area (TPSA) is 42.1 Å². The van der Waals surface area contributed by atoms with E-state index in [1.807, 2.05) is 24.3 Å². The van der Waals surface area contributed by atoms with E-state index >= 15 is 0 Å². The maximum absolute atomic E-state index is 6.12. The first-order valence-corrected chi connectivity index (χ1v) is 9.04. The number of hydrogen-bond donors (Lipinski definition) is 1. The lowest BCUT2D eigenvalue weighted by atomic mass is 10.0. The monoisotopic (exact) mass is 347 g/mol. The van der Waals surface area contributed by atoms with E-state index in [1.54, 1.807) is 0 Å². The summed E-state index contributed by atoms with van der Waals surface area (Å²) < 4.78 is 12.2. The second kappa shape index (κ2) is 4.51. The van der Waals surface area contributed by atoms with Crippen molar-refractivity contribution < 1.29 is 8.83 Å². The number of rotatable bonds is 0. The predicted octanol–water partition coefficient (Wildman–Crippen LogP) is 7.12. The van der Waals surface area contributed by atoms with E-state index in [0.29, 0.717) is 0 Å². The fraction of sp³-hybridized carbons (Fsp3) is 0. The van der Waals surface area contributed by atoms with Crippen LogP contribution in [0, 0.1) is 0 Å². The normalized spacial score (nSPS) is 12.4. The van der Waals surface area contributed by atoms with Gasteiger partial charge in [0, 0.05) is 43.4 Å². The lowest BCUT2D eigenvalue weighted by molar-refractivity contribution is 0.668. The summed E-state index contributed by atoms with van der Waals surface area (Å²) in [5.74, 6) is 0. The quantitative estimate of drug-likeness (QED) is 0.317. The fourth-order valence-electron chi connectivity index (χ4n) is 4.51. The molecule has 0 amide bonds. The van der Waals surface area contributed by atoms with Gasteiger partial charge in [-0.25, -0.2) is 0 Å². The van der Waals surface area contributed by atoms with Crippen LogP contribution >= 0.6 is 0 Å². The average molecular weight is 347 g/mol. The Kier molecular flexibility index (Phi) is 2.25. The fourth-order valence-corrected chi connectivity index (χ4v) is 4.51. The molecule has 0 unspecified atom stereocenters. The largest absolute Gasteiger partial charge is 0.456 e. The summed E-state index contributed by atoms with van der Waals surface area (Å²) in [5, 5.41) is 7.00. The number of aromatic amines is 1. The molecule has 0 aliphatic rings. The second-order valence-corrected chi connectivity index (χ2v) is 7.04. The third-order valence-corrected chi connectivity index (χ3v) is 5.61. The number of para-hydroxylation sites is 2. The van der Waals surface area contributed by atoms with E-state index in [2.05, 4.69) is 53.5 Å². The molecular weight excluding hydrogens is 334 g/mol. The van der Waals surface area contributed by atoms with Crippen LogP contribution in [0.1, 0.15) is 0 Å². The summed E-state index contributed by atoms with van der Waals surface area (Å²) in [6.07, 6.45) is 0. The van der Waals surface area contributed by atoms with Crippen molar-refractivity contribution in [3.63, 3.8) is 0 Å². The summed E-state index contributed by atoms with van der Waals surface area (Å²) in [7, 11) is 0. The number of furan rings is 2. The maximum atomic E-state index is 6.12. The summed E-state index contributed by atoms with van der Waals surface area (Å²) in [5.41, 5.74) is 5.88. The Bertz CT molecular complexity index is 1550. The van der Waals surface area contributed by atoms with E-state index in [-0.39, 0.29) is 0 Å². The van der Waals surface area contributed by atoms with Gasteiger partial charge < -0.3 is 13.8 Å². The minimum absolute atomic E-state index is 0.911. The molecule has 7 rings (SSSR count). The SMILES string of the molecule is c1ccc2c(c1)oc1ccc3[nH]c4ccc5oc6ccccc6c5c4c3c12. The van der Waals surface area contributed by atoms with Crippen LogP contribution in [0.2, 0.25) is 0 Å². The molecule has 7 aromatic rings. The molecule has 0 aliphatic carbocycles. The van der Waals surface area contributed by atoms with E-state index in [0.717, 1.165) is 54.9 Å². The Morgan fingerprint density at radius 3 is 1.44 bits per heavy atom. The van der Waals surface area contributed by atoms with Crippen molar-refractivity contribution in [2.75, 3.05) is 0 Å². The number of hydrogen-bond acceptors (Lipinski definition) is 2. The van der Waals surface area contributed by atoms with Crippen LogP contribution in [0.5, 0.6) is 0 Å². The van der Waals surface area contributed by atoms with Gasteiger partial charge >= 0.3 is 0 Å². The Morgan fingerprint density at radius 1 is 0.444 bits per heavy atom. The molecule has 27 heavy (non-hydrogen) atoms. The van der Waals surface area contributed by atoms with Crippen molar-refractivity contribution in [2.24, 2.45) is 0 Å². The van der Waals surface area contributed by atoms with Gasteiger partial charge in [-0.15, -0.1) is 0 Å². The first kappa shape index (κ1) is 13.5. The van der Waals surface area contributed by atoms with E-state index in [9.17, 15) is 0 Å². The molecule has 3 heterocycles.